The summed E-state index contributed by atoms with van der Waals surface area (Å²) in [6.07, 6.45) is 3.67. The van der Waals surface area contributed by atoms with E-state index >= 15 is 0 Å². The molecule has 0 radical (unpaired) electrons. The molecule has 0 bridgehead atoms. The van der Waals surface area contributed by atoms with Gasteiger partial charge in [0.2, 0.25) is 0 Å². The molecule has 288 valence electrons. The Bertz CT molecular complexity index is 3380. The first-order chi connectivity index (χ1) is 30.8. The lowest BCUT2D eigenvalue weighted by Crippen LogP contribution is -2.01. The van der Waals surface area contributed by atoms with E-state index < -0.39 is 0 Å². The van der Waals surface area contributed by atoms with Crippen molar-refractivity contribution in [2.45, 2.75) is 0 Å². The molecule has 2 aromatic heterocycles. The summed E-state index contributed by atoms with van der Waals surface area (Å²) in [4.78, 5) is 19.6. The van der Waals surface area contributed by atoms with Gasteiger partial charge in [0.15, 0.2) is 17.5 Å². The molecule has 0 saturated carbocycles. The lowest BCUT2D eigenvalue weighted by Gasteiger charge is -2.20. The van der Waals surface area contributed by atoms with Crippen LogP contribution in [0.25, 0.3) is 122 Å². The first-order valence-corrected chi connectivity index (χ1v) is 21.0. The molecule has 0 fully saturated rings. The summed E-state index contributed by atoms with van der Waals surface area (Å²) in [5.74, 6) is 1.85. The van der Waals surface area contributed by atoms with Gasteiger partial charge in [0.25, 0.3) is 0 Å². The number of aromatic nitrogens is 4. The van der Waals surface area contributed by atoms with Crippen LogP contribution in [0.3, 0.4) is 0 Å². The van der Waals surface area contributed by atoms with Gasteiger partial charge in [0, 0.05) is 34.6 Å². The Balaban J connectivity index is 1.02. The number of fused-ring (bicyclic) bond motifs is 4. The van der Waals surface area contributed by atoms with Gasteiger partial charge in [0.05, 0.1) is 0 Å². The predicted octanol–water partition coefficient (Wildman–Crippen LogP) is 14.9. The highest BCUT2D eigenvalue weighted by Crippen LogP contribution is 2.58. The Morgan fingerprint density at radius 1 is 0.242 bits per heavy atom. The monoisotopic (exact) mass is 788 g/mol. The molecule has 1 aliphatic rings. The Morgan fingerprint density at radius 3 is 1.31 bits per heavy atom. The molecule has 4 heteroatoms. The smallest absolute Gasteiger partial charge is 0.164 e. The van der Waals surface area contributed by atoms with Gasteiger partial charge in [0.1, 0.15) is 0 Å². The van der Waals surface area contributed by atoms with E-state index in [0.717, 1.165) is 33.4 Å². The van der Waals surface area contributed by atoms with Crippen molar-refractivity contribution >= 4 is 21.5 Å². The number of hydrogen-bond donors (Lipinski definition) is 0. The Kier molecular flexibility index (Phi) is 8.46. The lowest BCUT2D eigenvalue weighted by atomic mass is 9.82. The van der Waals surface area contributed by atoms with Crippen molar-refractivity contribution in [3.05, 3.63) is 219 Å². The van der Waals surface area contributed by atoms with Gasteiger partial charge >= 0.3 is 0 Å². The Morgan fingerprint density at radius 2 is 0.694 bits per heavy atom. The van der Waals surface area contributed by atoms with Crippen molar-refractivity contribution in [3.8, 4) is 101 Å². The quantitative estimate of drug-likeness (QED) is 0.161. The van der Waals surface area contributed by atoms with Crippen LogP contribution in [0, 0.1) is 0 Å². The molecule has 62 heavy (non-hydrogen) atoms. The van der Waals surface area contributed by atoms with E-state index in [4.69, 9.17) is 15.0 Å². The molecule has 0 aliphatic heterocycles. The number of nitrogens with zero attached hydrogens (tertiary/aromatic N) is 4. The lowest BCUT2D eigenvalue weighted by molar-refractivity contribution is 1.07. The fourth-order valence-corrected chi connectivity index (χ4v) is 9.45. The zero-order chi connectivity index (χ0) is 41.0. The molecule has 12 rings (SSSR count). The first kappa shape index (κ1) is 35.6. The summed E-state index contributed by atoms with van der Waals surface area (Å²) in [6, 6.07) is 73.2. The van der Waals surface area contributed by atoms with Crippen LogP contribution >= 0.6 is 0 Å². The van der Waals surface area contributed by atoms with Crippen molar-refractivity contribution in [2.24, 2.45) is 0 Å². The van der Waals surface area contributed by atoms with Crippen molar-refractivity contribution in [2.75, 3.05) is 0 Å². The number of hydrogen-bond acceptors (Lipinski definition) is 4. The predicted molar refractivity (Wildman–Crippen MR) is 255 cm³/mol. The van der Waals surface area contributed by atoms with E-state index in [-0.39, 0.29) is 0 Å². The molecule has 11 aromatic rings. The van der Waals surface area contributed by atoms with Crippen molar-refractivity contribution in [1.29, 1.82) is 0 Å². The Labute approximate surface area is 359 Å². The van der Waals surface area contributed by atoms with Crippen LogP contribution in [0.15, 0.2) is 219 Å². The van der Waals surface area contributed by atoms with Crippen LogP contribution in [-0.4, -0.2) is 19.9 Å². The third kappa shape index (κ3) is 5.84. The topological polar surface area (TPSA) is 51.6 Å². The molecule has 0 spiro atoms. The molecule has 0 atom stereocenters. The highest BCUT2D eigenvalue weighted by atomic mass is 15.0. The average molecular weight is 789 g/mol. The van der Waals surface area contributed by atoms with E-state index in [1.165, 1.54) is 71.6 Å². The van der Waals surface area contributed by atoms with Crippen LogP contribution in [0.2, 0.25) is 0 Å². The maximum Gasteiger partial charge on any atom is 0.164 e. The summed E-state index contributed by atoms with van der Waals surface area (Å²) < 4.78 is 0. The van der Waals surface area contributed by atoms with Crippen molar-refractivity contribution in [3.63, 3.8) is 0 Å². The van der Waals surface area contributed by atoms with Gasteiger partial charge in [-0.1, -0.05) is 200 Å². The summed E-state index contributed by atoms with van der Waals surface area (Å²) in [5, 5.41) is 5.03. The van der Waals surface area contributed by atoms with Crippen LogP contribution in [-0.2, 0) is 0 Å². The zero-order valence-corrected chi connectivity index (χ0v) is 33.6. The molecule has 0 amide bonds. The van der Waals surface area contributed by atoms with E-state index in [1.54, 1.807) is 6.20 Å². The minimum atomic E-state index is 0.613. The highest BCUT2D eigenvalue weighted by Gasteiger charge is 2.31. The van der Waals surface area contributed by atoms with Gasteiger partial charge < -0.3 is 0 Å². The summed E-state index contributed by atoms with van der Waals surface area (Å²) in [6.45, 7) is 0. The molecule has 0 N–H and O–H groups in total. The summed E-state index contributed by atoms with van der Waals surface area (Å²) in [5.41, 5.74) is 17.2. The van der Waals surface area contributed by atoms with Gasteiger partial charge in [-0.05, 0) is 88.8 Å². The maximum absolute atomic E-state index is 5.14. The van der Waals surface area contributed by atoms with Crippen molar-refractivity contribution < 1.29 is 0 Å². The minimum Gasteiger partial charge on any atom is -0.264 e. The summed E-state index contributed by atoms with van der Waals surface area (Å²) in [7, 11) is 0. The summed E-state index contributed by atoms with van der Waals surface area (Å²) >= 11 is 0. The second kappa shape index (κ2) is 14.7. The van der Waals surface area contributed by atoms with Gasteiger partial charge in [-0.2, -0.15) is 0 Å². The van der Waals surface area contributed by atoms with Crippen LogP contribution in [0.1, 0.15) is 0 Å². The highest BCUT2D eigenvalue weighted by molar-refractivity contribution is 6.28. The molecule has 9 aromatic carbocycles. The normalized spacial score (nSPS) is 11.5. The zero-order valence-electron chi connectivity index (χ0n) is 33.6. The third-order valence-electron chi connectivity index (χ3n) is 12.2. The molecule has 4 nitrogen and oxygen atoms in total. The SMILES string of the molecule is c1ccc(-c2nc(-c3ccc(-c4ccc5c6c(cccc46)-c4c-5c(-c5ccccc5)c5ccccc5c4-c4ccccc4)cc3)nc(-c3ccccc3-c3cccnc3)n2)cc1. The average Bonchev–Trinajstić information content (AvgIpc) is 3.69. The van der Waals surface area contributed by atoms with Crippen LogP contribution < -0.4 is 0 Å². The molecule has 0 unspecified atom stereocenters. The van der Waals surface area contributed by atoms with Crippen LogP contribution in [0.5, 0.6) is 0 Å². The largest absolute Gasteiger partial charge is 0.264 e. The fraction of sp³-hybridized carbons (Fsp3) is 0. The molecule has 1 aliphatic carbocycles. The molecular formula is C58H36N4. The van der Waals surface area contributed by atoms with E-state index in [1.807, 2.05) is 54.7 Å². The first-order valence-electron chi connectivity index (χ1n) is 21.0. The van der Waals surface area contributed by atoms with Gasteiger partial charge in [-0.3, -0.25) is 4.98 Å². The standard InChI is InChI=1S/C58H36N4/c1-4-16-38(17-5-1)51-46-24-11-12-25-47(46)52(39-18-6-2-7-19-39)55-50-34-33-44(45-27-14-28-49(53(45)50)54(51)55)37-29-31-41(32-30-37)57-60-56(40-20-8-3-9-21-40)61-58(62-57)48-26-13-10-23-43(48)42-22-15-35-59-36-42/h1-36H. The van der Waals surface area contributed by atoms with Gasteiger partial charge in [-0.25, -0.2) is 15.0 Å². The molecule has 0 saturated heterocycles. The Hall–Kier alpha value is -8.34. The van der Waals surface area contributed by atoms with Gasteiger partial charge in [-0.15, -0.1) is 0 Å². The minimum absolute atomic E-state index is 0.613. The van der Waals surface area contributed by atoms with E-state index in [2.05, 4.69) is 163 Å². The second-order valence-corrected chi connectivity index (χ2v) is 15.7. The maximum atomic E-state index is 5.14. The third-order valence-corrected chi connectivity index (χ3v) is 12.2. The number of pyridine rings is 1. The number of rotatable bonds is 7. The molecule has 2 heterocycles. The second-order valence-electron chi connectivity index (χ2n) is 15.7. The molecular weight excluding hydrogens is 753 g/mol. The van der Waals surface area contributed by atoms with E-state index in [9.17, 15) is 0 Å². The van der Waals surface area contributed by atoms with Crippen molar-refractivity contribution in [1.82, 2.24) is 19.9 Å². The van der Waals surface area contributed by atoms with Crippen LogP contribution in [0.4, 0.5) is 0 Å². The fourth-order valence-electron chi connectivity index (χ4n) is 9.45. The van der Waals surface area contributed by atoms with E-state index in [0.29, 0.717) is 17.5 Å². The number of benzene rings is 9.